The van der Waals surface area contributed by atoms with Gasteiger partial charge in [0.25, 0.3) is 0 Å². The molecule has 0 bridgehead atoms. The number of ether oxygens (including phenoxy) is 1. The zero-order valence-corrected chi connectivity index (χ0v) is 12.6. The van der Waals surface area contributed by atoms with Crippen molar-refractivity contribution in [2.75, 3.05) is 13.1 Å². The summed E-state index contributed by atoms with van der Waals surface area (Å²) < 4.78 is 6.05. The Morgan fingerprint density at radius 3 is 2.81 bits per heavy atom. The lowest BCUT2D eigenvalue weighted by molar-refractivity contribution is 0.0249. The van der Waals surface area contributed by atoms with E-state index in [0.29, 0.717) is 18.6 Å². The molecule has 1 fully saturated rings. The van der Waals surface area contributed by atoms with Crippen LogP contribution >= 0.6 is 11.6 Å². The summed E-state index contributed by atoms with van der Waals surface area (Å²) in [6.07, 6.45) is 0.305. The van der Waals surface area contributed by atoms with Crippen LogP contribution in [-0.4, -0.2) is 24.1 Å². The van der Waals surface area contributed by atoms with Gasteiger partial charge in [0.05, 0.1) is 12.7 Å². The van der Waals surface area contributed by atoms with Crippen LogP contribution < -0.4 is 0 Å². The van der Waals surface area contributed by atoms with Gasteiger partial charge in [0, 0.05) is 30.6 Å². The van der Waals surface area contributed by atoms with Crippen molar-refractivity contribution in [3.05, 3.63) is 70.2 Å². The van der Waals surface area contributed by atoms with Crippen LogP contribution in [0.5, 0.6) is 0 Å². The molecule has 3 heteroatoms. The van der Waals surface area contributed by atoms with Crippen molar-refractivity contribution in [1.29, 1.82) is 0 Å². The fourth-order valence-corrected chi connectivity index (χ4v) is 3.71. The molecule has 2 nitrogen and oxygen atoms in total. The summed E-state index contributed by atoms with van der Waals surface area (Å²) in [4.78, 5) is 2.49. The molecule has 2 unspecified atom stereocenters. The van der Waals surface area contributed by atoms with Gasteiger partial charge in [0.15, 0.2) is 0 Å². The highest BCUT2D eigenvalue weighted by Gasteiger charge is 2.38. The molecule has 108 valence electrons. The summed E-state index contributed by atoms with van der Waals surface area (Å²) in [6.45, 7) is 3.76. The van der Waals surface area contributed by atoms with Gasteiger partial charge in [0.1, 0.15) is 0 Å². The van der Waals surface area contributed by atoms with Crippen molar-refractivity contribution in [2.24, 2.45) is 0 Å². The van der Waals surface area contributed by atoms with Crippen molar-refractivity contribution >= 4 is 11.6 Å². The molecule has 2 aliphatic rings. The molecule has 2 aliphatic heterocycles. The maximum absolute atomic E-state index is 6.18. The molecule has 2 atom stereocenters. The Balaban J connectivity index is 1.55. The number of nitrogens with zero attached hydrogens (tertiary/aromatic N) is 1. The van der Waals surface area contributed by atoms with Crippen molar-refractivity contribution in [2.45, 2.75) is 25.2 Å². The number of hydrogen-bond acceptors (Lipinski definition) is 2. The summed E-state index contributed by atoms with van der Waals surface area (Å²) >= 11 is 6.18. The highest BCUT2D eigenvalue weighted by Crippen LogP contribution is 2.38. The van der Waals surface area contributed by atoms with E-state index in [1.807, 2.05) is 6.07 Å². The highest BCUT2D eigenvalue weighted by molar-refractivity contribution is 6.30. The maximum atomic E-state index is 6.18. The van der Waals surface area contributed by atoms with Gasteiger partial charge in [-0.05, 0) is 28.8 Å². The zero-order valence-electron chi connectivity index (χ0n) is 11.8. The van der Waals surface area contributed by atoms with Crippen LogP contribution in [0.1, 0.15) is 22.6 Å². The van der Waals surface area contributed by atoms with Gasteiger partial charge in [0.2, 0.25) is 0 Å². The lowest BCUT2D eigenvalue weighted by Crippen LogP contribution is -2.27. The first-order valence-electron chi connectivity index (χ1n) is 7.46. The van der Waals surface area contributed by atoms with Gasteiger partial charge >= 0.3 is 0 Å². The number of fused-ring (bicyclic) bond motifs is 3. The molecule has 1 saturated heterocycles. The molecule has 21 heavy (non-hydrogen) atoms. The van der Waals surface area contributed by atoms with Crippen molar-refractivity contribution < 1.29 is 4.74 Å². The van der Waals surface area contributed by atoms with E-state index in [2.05, 4.69) is 47.4 Å². The SMILES string of the molecule is Clc1ccc2c(c1)C1CN(Cc3ccccc3)CC1OC2. The van der Waals surface area contributed by atoms with Crippen LogP contribution in [0.2, 0.25) is 5.02 Å². The normalized spacial score (nSPS) is 24.6. The molecule has 0 amide bonds. The number of benzene rings is 2. The van der Waals surface area contributed by atoms with Crippen molar-refractivity contribution in [3.63, 3.8) is 0 Å². The van der Waals surface area contributed by atoms with Crippen LogP contribution in [-0.2, 0) is 17.9 Å². The minimum Gasteiger partial charge on any atom is -0.372 e. The van der Waals surface area contributed by atoms with Gasteiger partial charge in [-0.25, -0.2) is 0 Å². The fraction of sp³-hybridized carbons (Fsp3) is 0.333. The Morgan fingerprint density at radius 1 is 1.10 bits per heavy atom. The minimum atomic E-state index is 0.305. The summed E-state index contributed by atoms with van der Waals surface area (Å²) in [5.41, 5.74) is 4.04. The number of rotatable bonds is 2. The lowest BCUT2D eigenvalue weighted by Gasteiger charge is -2.27. The van der Waals surface area contributed by atoms with E-state index < -0.39 is 0 Å². The molecule has 2 aromatic carbocycles. The third-order valence-corrected chi connectivity index (χ3v) is 4.79. The summed E-state index contributed by atoms with van der Waals surface area (Å²) in [6, 6.07) is 16.8. The minimum absolute atomic E-state index is 0.305. The second-order valence-corrected chi connectivity index (χ2v) is 6.42. The molecular weight excluding hydrogens is 282 g/mol. The van der Waals surface area contributed by atoms with Gasteiger partial charge in [-0.15, -0.1) is 0 Å². The average Bonchev–Trinajstić information content (AvgIpc) is 2.91. The Kier molecular flexibility index (Phi) is 3.46. The maximum Gasteiger partial charge on any atom is 0.0787 e. The van der Waals surface area contributed by atoms with Crippen LogP contribution in [0, 0.1) is 0 Å². The van der Waals surface area contributed by atoms with E-state index in [4.69, 9.17) is 16.3 Å². The largest absolute Gasteiger partial charge is 0.372 e. The van der Waals surface area contributed by atoms with Crippen molar-refractivity contribution in [1.82, 2.24) is 4.90 Å². The average molecular weight is 300 g/mol. The van der Waals surface area contributed by atoms with E-state index in [9.17, 15) is 0 Å². The smallest absolute Gasteiger partial charge is 0.0787 e. The first-order valence-corrected chi connectivity index (χ1v) is 7.83. The van der Waals surface area contributed by atoms with Crippen molar-refractivity contribution in [3.8, 4) is 0 Å². The Hall–Kier alpha value is -1.35. The Morgan fingerprint density at radius 2 is 1.95 bits per heavy atom. The molecule has 0 aromatic heterocycles. The topological polar surface area (TPSA) is 12.5 Å². The molecule has 4 rings (SSSR count). The van der Waals surface area contributed by atoms with Crippen LogP contribution in [0.25, 0.3) is 0 Å². The third-order valence-electron chi connectivity index (χ3n) is 4.55. The predicted molar refractivity (Wildman–Crippen MR) is 84.5 cm³/mol. The van der Waals surface area contributed by atoms with Gasteiger partial charge < -0.3 is 4.74 Å². The molecule has 0 saturated carbocycles. The third kappa shape index (κ3) is 2.59. The predicted octanol–water partition coefficient (Wildman–Crippen LogP) is 3.84. The molecule has 0 aliphatic carbocycles. The Labute approximate surface area is 130 Å². The van der Waals surface area contributed by atoms with Crippen LogP contribution in [0.15, 0.2) is 48.5 Å². The van der Waals surface area contributed by atoms with E-state index in [-0.39, 0.29) is 0 Å². The molecule has 2 aromatic rings. The van der Waals surface area contributed by atoms with Crippen LogP contribution in [0.4, 0.5) is 0 Å². The monoisotopic (exact) mass is 299 g/mol. The zero-order chi connectivity index (χ0) is 14.2. The van der Waals surface area contributed by atoms with E-state index >= 15 is 0 Å². The standard InChI is InChI=1S/C18H18ClNO/c19-15-7-6-14-12-21-18-11-20(10-17(18)16(14)8-15)9-13-4-2-1-3-5-13/h1-8,17-18H,9-12H2. The first-order chi connectivity index (χ1) is 10.3. The lowest BCUT2D eigenvalue weighted by atomic mass is 9.90. The molecular formula is C18H18ClNO. The molecule has 0 N–H and O–H groups in total. The first kappa shape index (κ1) is 13.3. The number of hydrogen-bond donors (Lipinski definition) is 0. The number of halogens is 1. The summed E-state index contributed by atoms with van der Waals surface area (Å²) in [7, 11) is 0. The van der Waals surface area contributed by atoms with Gasteiger partial charge in [-0.2, -0.15) is 0 Å². The van der Waals surface area contributed by atoms with Crippen LogP contribution in [0.3, 0.4) is 0 Å². The van der Waals surface area contributed by atoms with Gasteiger partial charge in [-0.3, -0.25) is 4.90 Å². The number of likely N-dealkylation sites (tertiary alicyclic amines) is 1. The van der Waals surface area contributed by atoms with Gasteiger partial charge in [-0.1, -0.05) is 48.0 Å². The quantitative estimate of drug-likeness (QED) is 0.835. The molecule has 0 radical (unpaired) electrons. The molecule has 2 heterocycles. The van der Waals surface area contributed by atoms with E-state index in [1.54, 1.807) is 0 Å². The van der Waals surface area contributed by atoms with E-state index in [1.165, 1.54) is 16.7 Å². The summed E-state index contributed by atoms with van der Waals surface area (Å²) in [5.74, 6) is 0.455. The highest BCUT2D eigenvalue weighted by atomic mass is 35.5. The molecule has 0 spiro atoms. The summed E-state index contributed by atoms with van der Waals surface area (Å²) in [5, 5.41) is 0.830. The van der Waals surface area contributed by atoms with E-state index in [0.717, 1.165) is 24.7 Å². The second-order valence-electron chi connectivity index (χ2n) is 5.98. The fourth-order valence-electron chi connectivity index (χ4n) is 3.53. The second kappa shape index (κ2) is 5.45. The Bertz CT molecular complexity index is 643.